The molecule has 0 atom stereocenters. The minimum Gasteiger partial charge on any atom is -0.489 e. The van der Waals surface area contributed by atoms with Gasteiger partial charge in [0.05, 0.1) is 35.9 Å². The number of para-hydroxylation sites is 1. The van der Waals surface area contributed by atoms with E-state index in [2.05, 4.69) is 5.32 Å². The van der Waals surface area contributed by atoms with Gasteiger partial charge < -0.3 is 19.5 Å². The summed E-state index contributed by atoms with van der Waals surface area (Å²) in [7, 11) is 0. The second-order valence-electron chi connectivity index (χ2n) is 6.34. The van der Waals surface area contributed by atoms with Crippen molar-refractivity contribution in [1.29, 1.82) is 5.26 Å². The van der Waals surface area contributed by atoms with E-state index in [0.29, 0.717) is 46.5 Å². The van der Waals surface area contributed by atoms with Crippen LogP contribution in [0, 0.1) is 11.3 Å². The van der Waals surface area contributed by atoms with Gasteiger partial charge in [0, 0.05) is 12.5 Å². The first kappa shape index (κ1) is 21.2. The highest BCUT2D eigenvalue weighted by molar-refractivity contribution is 6.32. The van der Waals surface area contributed by atoms with Crippen LogP contribution in [0.3, 0.4) is 0 Å². The number of nitrogens with one attached hydrogen (secondary N) is 1. The monoisotopic (exact) mass is 426 g/mol. The Morgan fingerprint density at radius 3 is 2.87 bits per heavy atom. The fourth-order valence-electron chi connectivity index (χ4n) is 2.71. The summed E-state index contributed by atoms with van der Waals surface area (Å²) >= 11 is 6.22. The van der Waals surface area contributed by atoms with Crippen LogP contribution in [0.1, 0.15) is 24.0 Å². The number of nitriles is 1. The Hall–Kier alpha value is -3.50. The number of ether oxygens (including phenoxy) is 3. The number of hydrogen-bond acceptors (Lipinski definition) is 6. The lowest BCUT2D eigenvalue weighted by Crippen LogP contribution is -2.16. The third kappa shape index (κ3) is 5.75. The van der Waals surface area contributed by atoms with E-state index >= 15 is 0 Å². The third-order valence-electron chi connectivity index (χ3n) is 4.13. The molecule has 0 bridgehead atoms. The molecule has 0 radical (unpaired) electrons. The molecule has 0 saturated heterocycles. The molecule has 1 amide bonds. The van der Waals surface area contributed by atoms with Crippen molar-refractivity contribution >= 4 is 35.2 Å². The zero-order valence-electron chi connectivity index (χ0n) is 16.0. The highest BCUT2D eigenvalue weighted by Gasteiger charge is 2.15. The van der Waals surface area contributed by atoms with Gasteiger partial charge in [0.2, 0.25) is 5.91 Å². The number of hydrogen-bond donors (Lipinski definition) is 1. The lowest BCUT2D eigenvalue weighted by Gasteiger charge is -2.10. The maximum atomic E-state index is 12.0. The molecule has 8 heteroatoms. The van der Waals surface area contributed by atoms with Crippen LogP contribution in [-0.4, -0.2) is 31.7 Å². The fourth-order valence-corrected chi connectivity index (χ4v) is 2.98. The van der Waals surface area contributed by atoms with E-state index in [9.17, 15) is 9.59 Å². The first-order valence-electron chi connectivity index (χ1n) is 9.30. The molecule has 154 valence electrons. The Morgan fingerprint density at radius 2 is 2.03 bits per heavy atom. The van der Waals surface area contributed by atoms with Crippen molar-refractivity contribution in [3.8, 4) is 17.6 Å². The maximum Gasteiger partial charge on any atom is 0.330 e. The van der Waals surface area contributed by atoms with Crippen LogP contribution in [0.5, 0.6) is 11.5 Å². The predicted molar refractivity (Wildman–Crippen MR) is 111 cm³/mol. The number of carbonyl (C=O) groups excluding carboxylic acids is 2. The summed E-state index contributed by atoms with van der Waals surface area (Å²) in [5.74, 6) is 0.0767. The van der Waals surface area contributed by atoms with E-state index in [1.807, 2.05) is 6.07 Å². The molecule has 0 unspecified atom stereocenters. The van der Waals surface area contributed by atoms with Crippen molar-refractivity contribution in [3.05, 3.63) is 58.6 Å². The van der Waals surface area contributed by atoms with Gasteiger partial charge in [-0.05, 0) is 35.9 Å². The number of esters is 1. The van der Waals surface area contributed by atoms with Gasteiger partial charge in [-0.3, -0.25) is 4.79 Å². The molecule has 1 heterocycles. The Labute approximate surface area is 178 Å². The molecule has 30 heavy (non-hydrogen) atoms. The first-order chi connectivity index (χ1) is 14.6. The van der Waals surface area contributed by atoms with Crippen LogP contribution < -0.4 is 14.8 Å². The lowest BCUT2D eigenvalue weighted by molar-refractivity contribution is -0.138. The van der Waals surface area contributed by atoms with Crippen molar-refractivity contribution in [2.45, 2.75) is 12.8 Å². The van der Waals surface area contributed by atoms with Gasteiger partial charge in [-0.15, -0.1) is 0 Å². The highest BCUT2D eigenvalue weighted by atomic mass is 35.5. The van der Waals surface area contributed by atoms with Gasteiger partial charge in [0.15, 0.2) is 11.5 Å². The Morgan fingerprint density at radius 1 is 1.23 bits per heavy atom. The molecule has 0 spiro atoms. The van der Waals surface area contributed by atoms with Crippen LogP contribution in [-0.2, 0) is 14.3 Å². The molecule has 1 aliphatic rings. The number of nitrogens with zero attached hydrogens (tertiary/aromatic N) is 1. The molecular weight excluding hydrogens is 408 g/mol. The lowest BCUT2D eigenvalue weighted by atomic mass is 10.2. The molecule has 0 aliphatic carbocycles. The van der Waals surface area contributed by atoms with Crippen molar-refractivity contribution < 1.29 is 23.8 Å². The summed E-state index contributed by atoms with van der Waals surface area (Å²) in [5, 5.41) is 12.1. The standard InChI is InChI=1S/C22H19ClN2O5/c23-17-12-15(13-19-22(17)30-10-3-9-28-19)6-7-21(27)29-11-8-20(26)25-18-5-2-1-4-16(18)14-24/h1-2,4-7,12-13H,3,8-11H2,(H,25,26)/b7-6+. The molecule has 2 aromatic rings. The average Bonchev–Trinajstić information content (AvgIpc) is 2.98. The second kappa shape index (κ2) is 10.3. The number of rotatable bonds is 6. The van der Waals surface area contributed by atoms with Crippen LogP contribution in [0.15, 0.2) is 42.5 Å². The first-order valence-corrected chi connectivity index (χ1v) is 9.67. The summed E-state index contributed by atoms with van der Waals surface area (Å²) in [6.07, 6.45) is 3.53. The normalized spacial score (nSPS) is 12.7. The van der Waals surface area contributed by atoms with Crippen molar-refractivity contribution in [2.75, 3.05) is 25.1 Å². The number of halogens is 1. The number of fused-ring (bicyclic) bond motifs is 1. The van der Waals surface area contributed by atoms with Crippen molar-refractivity contribution in [2.24, 2.45) is 0 Å². The Balaban J connectivity index is 1.49. The fraction of sp³-hybridized carbons (Fsp3) is 0.227. The smallest absolute Gasteiger partial charge is 0.330 e. The van der Waals surface area contributed by atoms with Gasteiger partial charge in [-0.2, -0.15) is 5.26 Å². The van der Waals surface area contributed by atoms with E-state index in [4.69, 9.17) is 31.1 Å². The quantitative estimate of drug-likeness (QED) is 0.554. The largest absolute Gasteiger partial charge is 0.489 e. The summed E-state index contributed by atoms with van der Waals surface area (Å²) in [4.78, 5) is 23.9. The van der Waals surface area contributed by atoms with E-state index in [0.717, 1.165) is 6.42 Å². The minimum atomic E-state index is -0.594. The molecule has 3 rings (SSSR count). The van der Waals surface area contributed by atoms with E-state index in [1.54, 1.807) is 42.5 Å². The van der Waals surface area contributed by atoms with Crippen molar-refractivity contribution in [1.82, 2.24) is 0 Å². The molecule has 1 N–H and O–H groups in total. The van der Waals surface area contributed by atoms with Crippen LogP contribution in [0.4, 0.5) is 5.69 Å². The summed E-state index contributed by atoms with van der Waals surface area (Å²) < 4.78 is 16.2. The zero-order chi connectivity index (χ0) is 21.3. The third-order valence-corrected chi connectivity index (χ3v) is 4.41. The summed E-state index contributed by atoms with van der Waals surface area (Å²) in [6, 6.07) is 12.1. The maximum absolute atomic E-state index is 12.0. The molecule has 7 nitrogen and oxygen atoms in total. The SMILES string of the molecule is N#Cc1ccccc1NC(=O)CCOC(=O)/C=C/c1cc(Cl)c2c(c1)OCCCO2. The molecule has 1 aliphatic heterocycles. The number of carbonyl (C=O) groups is 2. The number of benzene rings is 2. The summed E-state index contributed by atoms with van der Waals surface area (Å²) in [5.41, 5.74) is 1.44. The van der Waals surface area contributed by atoms with Crippen LogP contribution in [0.2, 0.25) is 5.02 Å². The summed E-state index contributed by atoms with van der Waals surface area (Å²) in [6.45, 7) is 0.967. The van der Waals surface area contributed by atoms with Crippen LogP contribution in [0.25, 0.3) is 6.08 Å². The van der Waals surface area contributed by atoms with E-state index in [-0.39, 0.29) is 18.9 Å². The van der Waals surface area contributed by atoms with Gasteiger partial charge in [0.1, 0.15) is 12.7 Å². The second-order valence-corrected chi connectivity index (χ2v) is 6.74. The van der Waals surface area contributed by atoms with E-state index in [1.165, 1.54) is 6.08 Å². The van der Waals surface area contributed by atoms with Gasteiger partial charge in [-0.25, -0.2) is 4.79 Å². The minimum absolute atomic E-state index is 0.0325. The molecule has 2 aromatic carbocycles. The molecule has 0 aromatic heterocycles. The molecular formula is C22H19ClN2O5. The number of anilines is 1. The van der Waals surface area contributed by atoms with E-state index < -0.39 is 5.97 Å². The molecule has 0 fully saturated rings. The zero-order valence-corrected chi connectivity index (χ0v) is 16.8. The average molecular weight is 427 g/mol. The Bertz CT molecular complexity index is 1010. The van der Waals surface area contributed by atoms with Gasteiger partial charge in [-0.1, -0.05) is 23.7 Å². The van der Waals surface area contributed by atoms with Gasteiger partial charge in [0.25, 0.3) is 0 Å². The highest BCUT2D eigenvalue weighted by Crippen LogP contribution is 2.38. The molecule has 0 saturated carbocycles. The van der Waals surface area contributed by atoms with Crippen LogP contribution >= 0.6 is 11.6 Å². The van der Waals surface area contributed by atoms with Crippen molar-refractivity contribution in [3.63, 3.8) is 0 Å². The predicted octanol–water partition coefficient (Wildman–Crippen LogP) is 3.96. The van der Waals surface area contributed by atoms with Gasteiger partial charge >= 0.3 is 5.97 Å². The number of amides is 1. The topological polar surface area (TPSA) is 97.7 Å². The Kier molecular flexibility index (Phi) is 7.30.